The van der Waals surface area contributed by atoms with Crippen LogP contribution in [0.15, 0.2) is 61.2 Å². The van der Waals surface area contributed by atoms with E-state index in [0.29, 0.717) is 23.9 Å². The lowest BCUT2D eigenvalue weighted by Gasteiger charge is -2.15. The standard InChI is InChI=1S/C24H26F3N5OSi/c1-34(2,3)11-10-33-16-32-15-30-21-12-17(4-9-22(21)32)20-13-23(29-14-28-20)31-19-7-5-18(6-8-19)24(25,26)27/h4-9,12-15H,10-11,16H2,1-3H3,(H,28,29,31). The molecule has 0 amide bonds. The highest BCUT2D eigenvalue weighted by atomic mass is 28.3. The first-order valence-corrected chi connectivity index (χ1v) is 14.6. The molecule has 0 aliphatic heterocycles. The molecule has 1 N–H and O–H groups in total. The first-order valence-electron chi connectivity index (χ1n) is 10.9. The van der Waals surface area contributed by atoms with E-state index in [4.69, 9.17) is 4.74 Å². The van der Waals surface area contributed by atoms with Crippen molar-refractivity contribution in [2.24, 2.45) is 0 Å². The SMILES string of the molecule is C[Si](C)(C)CCOCn1cnc2cc(-c3cc(Nc4ccc(C(F)(F)F)cc4)ncn3)ccc21. The lowest BCUT2D eigenvalue weighted by molar-refractivity contribution is -0.137. The molecule has 178 valence electrons. The van der Waals surface area contributed by atoms with Crippen molar-refractivity contribution in [2.75, 3.05) is 11.9 Å². The Bertz CT molecular complexity index is 1270. The fourth-order valence-corrected chi connectivity index (χ4v) is 4.10. The number of hydrogen-bond acceptors (Lipinski definition) is 5. The molecule has 0 bridgehead atoms. The molecule has 0 saturated heterocycles. The van der Waals surface area contributed by atoms with Crippen molar-refractivity contribution in [3.8, 4) is 11.3 Å². The summed E-state index contributed by atoms with van der Waals surface area (Å²) < 4.78 is 46.1. The van der Waals surface area contributed by atoms with Crippen LogP contribution >= 0.6 is 0 Å². The van der Waals surface area contributed by atoms with Gasteiger partial charge in [0.25, 0.3) is 0 Å². The molecule has 0 aliphatic rings. The van der Waals surface area contributed by atoms with Gasteiger partial charge in [0, 0.05) is 32.0 Å². The normalized spacial score (nSPS) is 12.3. The Morgan fingerprint density at radius 1 is 0.971 bits per heavy atom. The third kappa shape index (κ3) is 6.00. The van der Waals surface area contributed by atoms with Gasteiger partial charge in [-0.3, -0.25) is 0 Å². The smallest absolute Gasteiger partial charge is 0.361 e. The van der Waals surface area contributed by atoms with Crippen LogP contribution in [0, 0.1) is 0 Å². The molecule has 2 aromatic carbocycles. The van der Waals surface area contributed by atoms with Gasteiger partial charge in [-0.15, -0.1) is 0 Å². The van der Waals surface area contributed by atoms with Crippen LogP contribution in [0.5, 0.6) is 0 Å². The van der Waals surface area contributed by atoms with Gasteiger partial charge in [-0.05, 0) is 42.4 Å². The van der Waals surface area contributed by atoms with Crippen LogP contribution < -0.4 is 5.32 Å². The van der Waals surface area contributed by atoms with Crippen LogP contribution in [0.4, 0.5) is 24.7 Å². The minimum absolute atomic E-state index is 0.453. The molecule has 4 aromatic rings. The maximum absolute atomic E-state index is 12.8. The van der Waals surface area contributed by atoms with Crippen molar-refractivity contribution in [2.45, 2.75) is 38.6 Å². The number of hydrogen-bond donors (Lipinski definition) is 1. The molecular formula is C24H26F3N5OSi. The fraction of sp³-hybridized carbons (Fsp3) is 0.292. The lowest BCUT2D eigenvalue weighted by atomic mass is 10.1. The summed E-state index contributed by atoms with van der Waals surface area (Å²) in [5.41, 5.74) is 3.12. The number of aromatic nitrogens is 4. The lowest BCUT2D eigenvalue weighted by Crippen LogP contribution is -2.21. The topological polar surface area (TPSA) is 64.9 Å². The number of fused-ring (bicyclic) bond motifs is 1. The first kappa shape index (κ1) is 23.9. The van der Waals surface area contributed by atoms with E-state index in [2.05, 4.69) is 39.9 Å². The zero-order valence-corrected chi connectivity index (χ0v) is 20.2. The zero-order valence-electron chi connectivity index (χ0n) is 19.2. The van der Waals surface area contributed by atoms with Gasteiger partial charge in [-0.25, -0.2) is 15.0 Å². The Kier molecular flexibility index (Phi) is 6.71. The maximum atomic E-state index is 12.8. The summed E-state index contributed by atoms with van der Waals surface area (Å²) in [6.07, 6.45) is -1.19. The fourth-order valence-electron chi connectivity index (χ4n) is 3.34. The van der Waals surface area contributed by atoms with Gasteiger partial charge in [0.2, 0.25) is 0 Å². The van der Waals surface area contributed by atoms with Crippen LogP contribution in [0.3, 0.4) is 0 Å². The Morgan fingerprint density at radius 2 is 1.74 bits per heavy atom. The number of benzene rings is 2. The van der Waals surface area contributed by atoms with Crippen molar-refractivity contribution in [3.63, 3.8) is 0 Å². The molecule has 0 spiro atoms. The molecular weight excluding hydrogens is 459 g/mol. The van der Waals surface area contributed by atoms with Crippen LogP contribution in [0.1, 0.15) is 5.56 Å². The van der Waals surface area contributed by atoms with Gasteiger partial charge >= 0.3 is 6.18 Å². The van der Waals surface area contributed by atoms with E-state index in [0.717, 1.165) is 41.4 Å². The van der Waals surface area contributed by atoms with Crippen molar-refractivity contribution in [3.05, 3.63) is 66.7 Å². The van der Waals surface area contributed by atoms with Crippen LogP contribution in [-0.4, -0.2) is 34.2 Å². The van der Waals surface area contributed by atoms with Gasteiger partial charge in [0.15, 0.2) is 0 Å². The molecule has 0 saturated carbocycles. The second kappa shape index (κ2) is 9.55. The molecule has 6 nitrogen and oxygen atoms in total. The van der Waals surface area contributed by atoms with Gasteiger partial charge in [-0.2, -0.15) is 13.2 Å². The Hall–Kier alpha value is -3.24. The molecule has 0 atom stereocenters. The van der Waals surface area contributed by atoms with E-state index in [-0.39, 0.29) is 0 Å². The molecule has 4 rings (SSSR count). The van der Waals surface area contributed by atoms with Gasteiger partial charge in [0.05, 0.1) is 28.6 Å². The number of nitrogens with zero attached hydrogens (tertiary/aromatic N) is 4. The van der Waals surface area contributed by atoms with Crippen LogP contribution in [-0.2, 0) is 17.6 Å². The molecule has 0 fully saturated rings. The van der Waals surface area contributed by atoms with Gasteiger partial charge in [0.1, 0.15) is 18.9 Å². The summed E-state index contributed by atoms with van der Waals surface area (Å²) >= 11 is 0. The molecule has 0 aliphatic carbocycles. The number of anilines is 2. The third-order valence-electron chi connectivity index (χ3n) is 5.30. The first-order chi connectivity index (χ1) is 16.1. The average molecular weight is 486 g/mol. The van der Waals surface area contributed by atoms with E-state index in [1.54, 1.807) is 12.4 Å². The van der Waals surface area contributed by atoms with Crippen LogP contribution in [0.25, 0.3) is 22.3 Å². The number of imidazole rings is 1. The highest BCUT2D eigenvalue weighted by molar-refractivity contribution is 6.76. The van der Waals surface area contributed by atoms with Crippen molar-refractivity contribution in [1.29, 1.82) is 0 Å². The largest absolute Gasteiger partial charge is 0.416 e. The second-order valence-electron chi connectivity index (χ2n) is 9.25. The summed E-state index contributed by atoms with van der Waals surface area (Å²) in [5.74, 6) is 0.478. The molecule has 0 unspecified atom stereocenters. The monoisotopic (exact) mass is 485 g/mol. The minimum Gasteiger partial charge on any atom is -0.361 e. The maximum Gasteiger partial charge on any atom is 0.416 e. The van der Waals surface area contributed by atoms with E-state index in [1.807, 2.05) is 22.8 Å². The second-order valence-corrected chi connectivity index (χ2v) is 14.9. The predicted molar refractivity (Wildman–Crippen MR) is 130 cm³/mol. The Morgan fingerprint density at radius 3 is 2.44 bits per heavy atom. The minimum atomic E-state index is -4.37. The Labute approximate surface area is 196 Å². The van der Waals surface area contributed by atoms with Crippen molar-refractivity contribution in [1.82, 2.24) is 19.5 Å². The van der Waals surface area contributed by atoms with Crippen molar-refractivity contribution < 1.29 is 17.9 Å². The molecule has 10 heteroatoms. The van der Waals surface area contributed by atoms with Crippen molar-refractivity contribution >= 4 is 30.6 Å². The molecule has 2 heterocycles. The molecule has 0 radical (unpaired) electrons. The molecule has 34 heavy (non-hydrogen) atoms. The Balaban J connectivity index is 1.46. The number of nitrogens with one attached hydrogen (secondary N) is 1. The number of rotatable bonds is 8. The average Bonchev–Trinajstić information content (AvgIpc) is 3.18. The number of ether oxygens (including phenoxy) is 1. The van der Waals surface area contributed by atoms with E-state index >= 15 is 0 Å². The zero-order chi connectivity index (χ0) is 24.3. The summed E-state index contributed by atoms with van der Waals surface area (Å²) in [7, 11) is -1.13. The summed E-state index contributed by atoms with van der Waals surface area (Å²) in [4.78, 5) is 13.0. The van der Waals surface area contributed by atoms with E-state index in [1.165, 1.54) is 18.5 Å². The predicted octanol–water partition coefficient (Wildman–Crippen LogP) is 6.57. The van der Waals surface area contributed by atoms with Gasteiger partial charge in [-0.1, -0.05) is 25.7 Å². The number of halogens is 3. The highest BCUT2D eigenvalue weighted by Crippen LogP contribution is 2.30. The highest BCUT2D eigenvalue weighted by Gasteiger charge is 2.29. The third-order valence-corrected chi connectivity index (χ3v) is 7.00. The number of alkyl halides is 3. The quantitative estimate of drug-likeness (QED) is 0.226. The summed E-state index contributed by atoms with van der Waals surface area (Å²) in [6, 6.07) is 13.5. The van der Waals surface area contributed by atoms with E-state index < -0.39 is 19.8 Å². The summed E-state index contributed by atoms with van der Waals surface area (Å²) in [6.45, 7) is 8.16. The van der Waals surface area contributed by atoms with Crippen LogP contribution in [0.2, 0.25) is 25.7 Å². The van der Waals surface area contributed by atoms with E-state index in [9.17, 15) is 13.2 Å². The van der Waals surface area contributed by atoms with Gasteiger partial charge < -0.3 is 14.6 Å². The molecule has 2 aromatic heterocycles. The summed E-state index contributed by atoms with van der Waals surface area (Å²) in [5, 5.41) is 3.02.